The van der Waals surface area contributed by atoms with Gasteiger partial charge >= 0.3 is 0 Å². The van der Waals surface area contributed by atoms with Crippen LogP contribution in [0.1, 0.15) is 23.7 Å². The number of nitrogens with one attached hydrogen (secondary N) is 2. The number of sulfonamides is 1. The van der Waals surface area contributed by atoms with Crippen LogP contribution in [0.3, 0.4) is 0 Å². The molecule has 4 rings (SSSR count). The molecule has 2 heterocycles. The zero-order valence-electron chi connectivity index (χ0n) is 17.1. The molecule has 1 saturated heterocycles. The molecule has 1 atom stereocenters. The van der Waals surface area contributed by atoms with Crippen molar-refractivity contribution in [3.63, 3.8) is 0 Å². The molecule has 170 valence electrons. The van der Waals surface area contributed by atoms with E-state index in [0.717, 1.165) is 4.70 Å². The molecular weight excluding hydrogens is 474 g/mol. The van der Waals surface area contributed by atoms with Gasteiger partial charge in [-0.3, -0.25) is 10.1 Å². The van der Waals surface area contributed by atoms with E-state index in [-0.39, 0.29) is 28.4 Å². The van der Waals surface area contributed by atoms with E-state index in [1.54, 1.807) is 12.1 Å². The predicted octanol–water partition coefficient (Wildman–Crippen LogP) is 2.41. The second-order valence-electron chi connectivity index (χ2n) is 7.28. The van der Waals surface area contributed by atoms with E-state index >= 15 is 0 Å². The number of thiazole rings is 1. The molecule has 1 amide bonds. The lowest BCUT2D eigenvalue weighted by atomic mass is 10.2. The highest BCUT2D eigenvalue weighted by atomic mass is 32.2. The van der Waals surface area contributed by atoms with Crippen LogP contribution in [0.25, 0.3) is 10.2 Å². The number of amides is 1. The number of anilines is 1. The van der Waals surface area contributed by atoms with Gasteiger partial charge in [0.15, 0.2) is 15.0 Å². The van der Waals surface area contributed by atoms with Crippen molar-refractivity contribution in [3.05, 3.63) is 48.0 Å². The molecule has 1 fully saturated rings. The van der Waals surface area contributed by atoms with E-state index in [4.69, 9.17) is 4.74 Å². The van der Waals surface area contributed by atoms with Crippen molar-refractivity contribution < 1.29 is 26.4 Å². The molecule has 1 aromatic heterocycles. The molecule has 2 N–H and O–H groups in total. The molecule has 9 nitrogen and oxygen atoms in total. The van der Waals surface area contributed by atoms with E-state index in [0.29, 0.717) is 23.0 Å². The van der Waals surface area contributed by atoms with Gasteiger partial charge in [-0.05, 0) is 49.7 Å². The molecule has 0 aliphatic carbocycles. The second-order valence-corrected chi connectivity index (χ2v) is 12.3. The van der Waals surface area contributed by atoms with Gasteiger partial charge in [0, 0.05) is 11.6 Å². The first-order valence-corrected chi connectivity index (χ1v) is 13.9. The Bertz CT molecular complexity index is 1380. The first kappa shape index (κ1) is 22.6. The fourth-order valence-corrected chi connectivity index (χ4v) is 7.35. The standard InChI is InChI=1S/C20H21N3O6S3/c1-2-29-15-6-7-17-18(11-15)30-20(21-17)22-19(24)13-4-3-5-16(10-13)32(27,28)23-14-8-9-31(25,26)12-14/h3-7,10-11,14,23H,2,8-9,12H2,1H3,(H,21,22,24). The molecule has 0 saturated carbocycles. The van der Waals surface area contributed by atoms with Gasteiger partial charge in [0.1, 0.15) is 5.75 Å². The third-order valence-electron chi connectivity index (χ3n) is 4.85. The van der Waals surface area contributed by atoms with E-state index in [1.807, 2.05) is 13.0 Å². The minimum atomic E-state index is -3.97. The summed E-state index contributed by atoms with van der Waals surface area (Å²) >= 11 is 1.28. The number of fused-ring (bicyclic) bond motifs is 1. The third kappa shape index (κ3) is 5.09. The smallest absolute Gasteiger partial charge is 0.257 e. The van der Waals surface area contributed by atoms with Crippen molar-refractivity contribution in [3.8, 4) is 5.75 Å². The molecule has 1 unspecified atom stereocenters. The summed E-state index contributed by atoms with van der Waals surface area (Å²) in [6.45, 7) is 2.43. The number of carbonyl (C=O) groups is 1. The summed E-state index contributed by atoms with van der Waals surface area (Å²) in [5, 5.41) is 3.07. The lowest BCUT2D eigenvalue weighted by molar-refractivity contribution is 0.102. The molecule has 1 aliphatic heterocycles. The van der Waals surface area contributed by atoms with Crippen LogP contribution in [0.4, 0.5) is 5.13 Å². The molecule has 0 bridgehead atoms. The first-order chi connectivity index (χ1) is 15.1. The minimum Gasteiger partial charge on any atom is -0.494 e. The van der Waals surface area contributed by atoms with Gasteiger partial charge in [-0.15, -0.1) is 0 Å². The minimum absolute atomic E-state index is 0.0448. The number of aromatic nitrogens is 1. The molecule has 32 heavy (non-hydrogen) atoms. The lowest BCUT2D eigenvalue weighted by Crippen LogP contribution is -2.35. The van der Waals surface area contributed by atoms with Crippen molar-refractivity contribution >= 4 is 52.5 Å². The van der Waals surface area contributed by atoms with Gasteiger partial charge in [-0.2, -0.15) is 0 Å². The van der Waals surface area contributed by atoms with Crippen LogP contribution in [-0.2, 0) is 19.9 Å². The summed E-state index contributed by atoms with van der Waals surface area (Å²) in [7, 11) is -7.20. The maximum Gasteiger partial charge on any atom is 0.257 e. The number of nitrogens with zero attached hydrogens (tertiary/aromatic N) is 1. The van der Waals surface area contributed by atoms with Crippen LogP contribution in [0.2, 0.25) is 0 Å². The van der Waals surface area contributed by atoms with Crippen LogP contribution in [0, 0.1) is 0 Å². The van der Waals surface area contributed by atoms with E-state index in [9.17, 15) is 21.6 Å². The van der Waals surface area contributed by atoms with Crippen molar-refractivity contribution in [1.82, 2.24) is 9.71 Å². The average Bonchev–Trinajstić information content (AvgIpc) is 3.29. The van der Waals surface area contributed by atoms with Crippen molar-refractivity contribution in [1.29, 1.82) is 0 Å². The Balaban J connectivity index is 1.50. The summed E-state index contributed by atoms with van der Waals surface area (Å²) in [5.74, 6) is -0.0668. The van der Waals surface area contributed by atoms with Gasteiger partial charge in [-0.25, -0.2) is 26.5 Å². The summed E-state index contributed by atoms with van der Waals surface area (Å²) < 4.78 is 57.3. The fraction of sp³-hybridized carbons (Fsp3) is 0.300. The number of hydrogen-bond donors (Lipinski definition) is 2. The molecule has 3 aromatic rings. The molecule has 0 spiro atoms. The summed E-state index contributed by atoms with van der Waals surface area (Å²) in [5.41, 5.74) is 0.849. The van der Waals surface area contributed by atoms with Crippen LogP contribution >= 0.6 is 11.3 Å². The van der Waals surface area contributed by atoms with E-state index in [2.05, 4.69) is 15.0 Å². The zero-order chi connectivity index (χ0) is 22.9. The molecule has 0 radical (unpaired) electrons. The van der Waals surface area contributed by atoms with Gasteiger partial charge < -0.3 is 4.74 Å². The summed E-state index contributed by atoms with van der Waals surface area (Å²) in [6, 6.07) is 10.3. The highest BCUT2D eigenvalue weighted by molar-refractivity contribution is 7.92. The van der Waals surface area contributed by atoms with Gasteiger partial charge in [-0.1, -0.05) is 17.4 Å². The highest BCUT2D eigenvalue weighted by Gasteiger charge is 2.31. The highest BCUT2D eigenvalue weighted by Crippen LogP contribution is 2.29. The second kappa shape index (κ2) is 8.77. The van der Waals surface area contributed by atoms with Gasteiger partial charge in [0.25, 0.3) is 5.91 Å². The summed E-state index contributed by atoms with van der Waals surface area (Å²) in [6.07, 6.45) is 0.227. The molecule has 12 heteroatoms. The molecular formula is C20H21N3O6S3. The molecule has 2 aromatic carbocycles. The molecule has 1 aliphatic rings. The van der Waals surface area contributed by atoms with Gasteiger partial charge in [0.2, 0.25) is 10.0 Å². The number of hydrogen-bond acceptors (Lipinski definition) is 8. The van der Waals surface area contributed by atoms with Crippen LogP contribution in [0.15, 0.2) is 47.4 Å². The third-order valence-corrected chi connectivity index (χ3v) is 9.07. The van der Waals surface area contributed by atoms with Crippen LogP contribution < -0.4 is 14.8 Å². The Kier molecular flexibility index (Phi) is 6.21. The van der Waals surface area contributed by atoms with Crippen molar-refractivity contribution in [2.75, 3.05) is 23.4 Å². The predicted molar refractivity (Wildman–Crippen MR) is 123 cm³/mol. The fourth-order valence-electron chi connectivity index (χ4n) is 3.36. The zero-order valence-corrected chi connectivity index (χ0v) is 19.5. The topological polar surface area (TPSA) is 132 Å². The Morgan fingerprint density at radius 3 is 2.78 bits per heavy atom. The Morgan fingerprint density at radius 1 is 1.25 bits per heavy atom. The monoisotopic (exact) mass is 495 g/mol. The van der Waals surface area contributed by atoms with Crippen molar-refractivity contribution in [2.45, 2.75) is 24.3 Å². The maximum atomic E-state index is 12.7. The SMILES string of the molecule is CCOc1ccc2nc(NC(=O)c3cccc(S(=O)(=O)NC4CCS(=O)(=O)C4)c3)sc2c1. The Labute approximate surface area is 189 Å². The largest absolute Gasteiger partial charge is 0.494 e. The number of sulfone groups is 1. The lowest BCUT2D eigenvalue weighted by Gasteiger charge is -2.12. The number of benzene rings is 2. The average molecular weight is 496 g/mol. The van der Waals surface area contributed by atoms with E-state index < -0.39 is 31.8 Å². The summed E-state index contributed by atoms with van der Waals surface area (Å²) in [4.78, 5) is 17.0. The maximum absolute atomic E-state index is 12.7. The number of ether oxygens (including phenoxy) is 1. The number of rotatable bonds is 7. The van der Waals surface area contributed by atoms with Crippen LogP contribution in [-0.4, -0.2) is 51.9 Å². The van der Waals surface area contributed by atoms with E-state index in [1.165, 1.54) is 35.6 Å². The Hall–Kier alpha value is -2.54. The Morgan fingerprint density at radius 2 is 2.06 bits per heavy atom. The first-order valence-electron chi connectivity index (χ1n) is 9.83. The van der Waals surface area contributed by atoms with Crippen molar-refractivity contribution in [2.24, 2.45) is 0 Å². The quantitative estimate of drug-likeness (QED) is 0.514. The number of carbonyl (C=O) groups excluding carboxylic acids is 1. The van der Waals surface area contributed by atoms with Gasteiger partial charge in [0.05, 0.1) is 33.2 Å². The normalized spacial score (nSPS) is 18.0. The van der Waals surface area contributed by atoms with Crippen LogP contribution in [0.5, 0.6) is 5.75 Å².